The van der Waals surface area contributed by atoms with Crippen LogP contribution >= 0.6 is 0 Å². The Balaban J connectivity index is 1.99. The van der Waals surface area contributed by atoms with Crippen molar-refractivity contribution in [2.24, 2.45) is 11.3 Å². The Bertz CT molecular complexity index is 291. The van der Waals surface area contributed by atoms with Crippen molar-refractivity contribution >= 4 is 5.91 Å². The van der Waals surface area contributed by atoms with Crippen molar-refractivity contribution in [1.29, 1.82) is 0 Å². The number of nitrogens with zero attached hydrogens (tertiary/aromatic N) is 1. The van der Waals surface area contributed by atoms with Gasteiger partial charge in [-0.25, -0.2) is 0 Å². The Kier molecular flexibility index (Phi) is 3.73. The minimum atomic E-state index is 0.00824. The van der Waals surface area contributed by atoms with Crippen molar-refractivity contribution < 1.29 is 9.53 Å². The third-order valence-electron chi connectivity index (χ3n) is 3.98. The molecule has 4 nitrogen and oxygen atoms in total. The van der Waals surface area contributed by atoms with Crippen LogP contribution in [-0.4, -0.2) is 50.2 Å². The van der Waals surface area contributed by atoms with Gasteiger partial charge in [-0.15, -0.1) is 0 Å². The number of carbonyl (C=O) groups is 1. The highest BCUT2D eigenvalue weighted by atomic mass is 16.5. The summed E-state index contributed by atoms with van der Waals surface area (Å²) in [6.07, 6.45) is 2.34. The maximum absolute atomic E-state index is 12.5. The smallest absolute Gasteiger partial charge is 0.229 e. The van der Waals surface area contributed by atoms with Gasteiger partial charge in [0.15, 0.2) is 0 Å². The predicted octanol–water partition coefficient (Wildman–Crippen LogP) is 0.869. The molecule has 0 aromatic heterocycles. The van der Waals surface area contributed by atoms with Gasteiger partial charge in [-0.2, -0.15) is 0 Å². The van der Waals surface area contributed by atoms with Gasteiger partial charge in [0.05, 0.1) is 19.1 Å². The third-order valence-corrected chi connectivity index (χ3v) is 3.98. The van der Waals surface area contributed by atoms with Crippen LogP contribution in [0.2, 0.25) is 0 Å². The number of rotatable bonds is 2. The fourth-order valence-electron chi connectivity index (χ4n) is 2.93. The topological polar surface area (TPSA) is 41.6 Å². The number of carbonyl (C=O) groups excluding carboxylic acids is 1. The van der Waals surface area contributed by atoms with E-state index in [1.807, 2.05) is 11.9 Å². The molecule has 0 aromatic carbocycles. The number of nitrogens with one attached hydrogen (secondary N) is 1. The van der Waals surface area contributed by atoms with E-state index < -0.39 is 0 Å². The van der Waals surface area contributed by atoms with E-state index in [0.717, 1.165) is 19.5 Å². The van der Waals surface area contributed by atoms with Crippen LogP contribution in [0.15, 0.2) is 0 Å². The highest BCUT2D eigenvalue weighted by Crippen LogP contribution is 2.30. The molecule has 98 valence electrons. The zero-order valence-electron chi connectivity index (χ0n) is 11.2. The lowest BCUT2D eigenvalue weighted by Gasteiger charge is -2.39. The van der Waals surface area contributed by atoms with Crippen molar-refractivity contribution in [2.75, 3.05) is 33.4 Å². The summed E-state index contributed by atoms with van der Waals surface area (Å²) >= 11 is 0. The molecule has 4 heteroatoms. The van der Waals surface area contributed by atoms with Gasteiger partial charge in [-0.3, -0.25) is 4.79 Å². The summed E-state index contributed by atoms with van der Waals surface area (Å²) in [4.78, 5) is 14.5. The summed E-state index contributed by atoms with van der Waals surface area (Å²) in [7, 11) is 1.90. The van der Waals surface area contributed by atoms with Gasteiger partial charge in [0.25, 0.3) is 0 Å². The average Bonchev–Trinajstić information content (AvgIpc) is 2.74. The first-order valence-electron chi connectivity index (χ1n) is 6.57. The van der Waals surface area contributed by atoms with Crippen molar-refractivity contribution in [3.8, 4) is 0 Å². The number of hydrogen-bond donors (Lipinski definition) is 1. The fraction of sp³-hybridized carbons (Fsp3) is 0.923. The monoisotopic (exact) mass is 240 g/mol. The molecule has 2 aliphatic rings. The molecule has 1 amide bonds. The minimum absolute atomic E-state index is 0.00824. The third kappa shape index (κ3) is 2.80. The van der Waals surface area contributed by atoms with Crippen LogP contribution in [0.4, 0.5) is 0 Å². The summed E-state index contributed by atoms with van der Waals surface area (Å²) in [5.74, 6) is 0.281. The maximum Gasteiger partial charge on any atom is 0.229 e. The second-order valence-electron chi connectivity index (χ2n) is 6.07. The first-order valence-corrected chi connectivity index (χ1v) is 6.57. The summed E-state index contributed by atoms with van der Waals surface area (Å²) in [6, 6.07) is 0.188. The van der Waals surface area contributed by atoms with Gasteiger partial charge >= 0.3 is 0 Å². The molecule has 2 heterocycles. The van der Waals surface area contributed by atoms with Gasteiger partial charge in [-0.05, 0) is 25.3 Å². The molecular weight excluding hydrogens is 216 g/mol. The SMILES string of the molecule is CNC1COCC1C(=O)N1CCCC(C)(C)C1. The molecule has 0 bridgehead atoms. The Hall–Kier alpha value is -0.610. The normalized spacial score (nSPS) is 32.8. The van der Waals surface area contributed by atoms with Gasteiger partial charge in [0, 0.05) is 19.1 Å². The number of likely N-dealkylation sites (N-methyl/N-ethyl adjacent to an activating group) is 1. The van der Waals surface area contributed by atoms with Crippen LogP contribution in [-0.2, 0) is 9.53 Å². The standard InChI is InChI=1S/C13H24N2O2/c1-13(2)5-4-6-15(9-13)12(16)10-7-17-8-11(10)14-3/h10-11,14H,4-9H2,1-3H3. The molecule has 2 unspecified atom stereocenters. The van der Waals surface area contributed by atoms with E-state index in [9.17, 15) is 4.79 Å². The van der Waals surface area contributed by atoms with Gasteiger partial charge < -0.3 is 15.0 Å². The van der Waals surface area contributed by atoms with Crippen LogP contribution in [0.3, 0.4) is 0 Å². The van der Waals surface area contributed by atoms with E-state index in [1.54, 1.807) is 0 Å². The molecule has 2 atom stereocenters. The first-order chi connectivity index (χ1) is 8.03. The molecule has 0 saturated carbocycles. The molecule has 2 fully saturated rings. The van der Waals surface area contributed by atoms with E-state index in [4.69, 9.17) is 4.74 Å². The maximum atomic E-state index is 12.5. The van der Waals surface area contributed by atoms with Gasteiger partial charge in [-0.1, -0.05) is 13.8 Å². The minimum Gasteiger partial charge on any atom is -0.379 e. The van der Waals surface area contributed by atoms with Crippen LogP contribution in [0, 0.1) is 11.3 Å². The van der Waals surface area contributed by atoms with Crippen LogP contribution in [0.1, 0.15) is 26.7 Å². The van der Waals surface area contributed by atoms with E-state index in [1.165, 1.54) is 6.42 Å². The number of piperidine rings is 1. The molecule has 2 saturated heterocycles. The van der Waals surface area contributed by atoms with Crippen LogP contribution in [0.5, 0.6) is 0 Å². The van der Waals surface area contributed by atoms with Crippen molar-refractivity contribution in [3.63, 3.8) is 0 Å². The van der Waals surface area contributed by atoms with Crippen molar-refractivity contribution in [1.82, 2.24) is 10.2 Å². The van der Waals surface area contributed by atoms with Crippen LogP contribution < -0.4 is 5.32 Å². The highest BCUT2D eigenvalue weighted by molar-refractivity contribution is 5.80. The predicted molar refractivity (Wildman–Crippen MR) is 66.8 cm³/mol. The molecular formula is C13H24N2O2. The number of likely N-dealkylation sites (tertiary alicyclic amines) is 1. The Morgan fingerprint density at radius 1 is 1.41 bits per heavy atom. The number of ether oxygens (including phenoxy) is 1. The summed E-state index contributed by atoms with van der Waals surface area (Å²) in [5, 5.41) is 3.18. The number of hydrogen-bond acceptors (Lipinski definition) is 3. The molecule has 1 N–H and O–H groups in total. The second kappa shape index (κ2) is 4.94. The quantitative estimate of drug-likeness (QED) is 0.778. The summed E-state index contributed by atoms with van der Waals surface area (Å²) in [6.45, 7) is 7.51. The molecule has 0 aliphatic carbocycles. The van der Waals surface area contributed by atoms with E-state index in [0.29, 0.717) is 13.2 Å². The molecule has 0 aromatic rings. The Labute approximate surface area is 104 Å². The lowest BCUT2D eigenvalue weighted by atomic mass is 9.83. The van der Waals surface area contributed by atoms with Gasteiger partial charge in [0.1, 0.15) is 0 Å². The summed E-state index contributed by atoms with van der Waals surface area (Å²) < 4.78 is 5.41. The molecule has 17 heavy (non-hydrogen) atoms. The lowest BCUT2D eigenvalue weighted by molar-refractivity contribution is -0.139. The Morgan fingerprint density at radius 3 is 2.82 bits per heavy atom. The van der Waals surface area contributed by atoms with Crippen molar-refractivity contribution in [3.05, 3.63) is 0 Å². The van der Waals surface area contributed by atoms with Gasteiger partial charge in [0.2, 0.25) is 5.91 Å². The highest BCUT2D eigenvalue weighted by Gasteiger charge is 2.38. The van der Waals surface area contributed by atoms with Crippen molar-refractivity contribution in [2.45, 2.75) is 32.7 Å². The molecule has 2 aliphatic heterocycles. The zero-order chi connectivity index (χ0) is 12.5. The Morgan fingerprint density at radius 2 is 2.18 bits per heavy atom. The second-order valence-corrected chi connectivity index (χ2v) is 6.07. The summed E-state index contributed by atoms with van der Waals surface area (Å²) in [5.41, 5.74) is 0.266. The fourth-order valence-corrected chi connectivity index (χ4v) is 2.93. The van der Waals surface area contributed by atoms with E-state index >= 15 is 0 Å². The zero-order valence-corrected chi connectivity index (χ0v) is 11.2. The number of amides is 1. The molecule has 2 rings (SSSR count). The van der Waals surface area contributed by atoms with E-state index in [-0.39, 0.29) is 23.3 Å². The average molecular weight is 240 g/mol. The molecule has 0 radical (unpaired) electrons. The molecule has 0 spiro atoms. The largest absolute Gasteiger partial charge is 0.379 e. The van der Waals surface area contributed by atoms with Crippen LogP contribution in [0.25, 0.3) is 0 Å². The van der Waals surface area contributed by atoms with E-state index in [2.05, 4.69) is 19.2 Å². The lowest BCUT2D eigenvalue weighted by Crippen LogP contribution is -2.50. The first kappa shape index (κ1) is 12.8.